The van der Waals surface area contributed by atoms with Gasteiger partial charge in [0.25, 0.3) is 10.0 Å². The smallest absolute Gasteiger partial charge is 0.254 e. The largest absolute Gasteiger partial charge is 0.497 e. The molecule has 0 saturated carbocycles. The molecule has 4 rings (SSSR count). The Morgan fingerprint density at radius 2 is 1.91 bits per heavy atom. The lowest BCUT2D eigenvalue weighted by molar-refractivity contribution is -0.132. The quantitative estimate of drug-likeness (QED) is 0.645. The molecular formula is C23H30N4O5S2. The maximum absolute atomic E-state index is 13.3. The van der Waals surface area contributed by atoms with Gasteiger partial charge in [-0.05, 0) is 49.3 Å². The van der Waals surface area contributed by atoms with Gasteiger partial charge in [-0.25, -0.2) is 13.4 Å². The van der Waals surface area contributed by atoms with Crippen LogP contribution < -0.4 is 10.1 Å². The normalized spacial score (nSPS) is 18.3. The molecule has 1 spiro atoms. The molecule has 0 radical (unpaired) electrons. The minimum absolute atomic E-state index is 0.0800. The highest BCUT2D eigenvalue weighted by atomic mass is 32.2. The van der Waals surface area contributed by atoms with Crippen LogP contribution in [0.25, 0.3) is 0 Å². The Morgan fingerprint density at radius 3 is 2.59 bits per heavy atom. The number of nitrogens with zero attached hydrogens (tertiary/aromatic N) is 3. The number of benzene rings is 1. The molecule has 0 atom stereocenters. The zero-order chi connectivity index (χ0) is 24.5. The number of anilines is 1. The van der Waals surface area contributed by atoms with Crippen molar-refractivity contribution in [3.05, 3.63) is 35.5 Å². The number of ether oxygens (including phenoxy) is 1. The highest BCUT2D eigenvalue weighted by molar-refractivity contribution is 7.91. The average molecular weight is 507 g/mol. The van der Waals surface area contributed by atoms with E-state index in [0.29, 0.717) is 43.4 Å². The van der Waals surface area contributed by atoms with Crippen molar-refractivity contribution in [2.75, 3.05) is 38.6 Å². The third-order valence-corrected chi connectivity index (χ3v) is 10.2. The van der Waals surface area contributed by atoms with Gasteiger partial charge < -0.3 is 15.0 Å². The maximum atomic E-state index is 13.3. The number of hydrogen-bond donors (Lipinski definition) is 1. The van der Waals surface area contributed by atoms with E-state index < -0.39 is 10.0 Å². The van der Waals surface area contributed by atoms with Crippen LogP contribution in [-0.2, 0) is 26.0 Å². The number of likely N-dealkylation sites (tertiary alicyclic amines) is 1. The van der Waals surface area contributed by atoms with E-state index in [1.54, 1.807) is 18.3 Å². The number of piperidine rings is 1. The summed E-state index contributed by atoms with van der Waals surface area (Å²) in [4.78, 5) is 30.2. The summed E-state index contributed by atoms with van der Waals surface area (Å²) in [6, 6.07) is 7.53. The van der Waals surface area contributed by atoms with Crippen LogP contribution >= 0.6 is 11.3 Å². The number of methoxy groups -OCH3 is 1. The molecule has 2 fully saturated rings. The molecule has 3 heterocycles. The number of aromatic nitrogens is 1. The molecule has 1 N–H and O–H groups in total. The van der Waals surface area contributed by atoms with Crippen molar-refractivity contribution in [1.29, 1.82) is 0 Å². The molecule has 1 aromatic carbocycles. The summed E-state index contributed by atoms with van der Waals surface area (Å²) >= 11 is 0.990. The van der Waals surface area contributed by atoms with E-state index in [0.717, 1.165) is 41.9 Å². The van der Waals surface area contributed by atoms with E-state index in [1.165, 1.54) is 6.92 Å². The lowest BCUT2D eigenvalue weighted by atomic mass is 9.78. The van der Waals surface area contributed by atoms with Gasteiger partial charge in [-0.15, -0.1) is 0 Å². The lowest BCUT2D eigenvalue weighted by Crippen LogP contribution is -2.45. The number of rotatable bonds is 6. The Balaban J connectivity index is 1.37. The van der Waals surface area contributed by atoms with E-state index in [4.69, 9.17) is 4.74 Å². The molecule has 2 aliphatic heterocycles. The molecule has 1 aromatic heterocycles. The second-order valence-corrected chi connectivity index (χ2v) is 12.2. The summed E-state index contributed by atoms with van der Waals surface area (Å²) in [6.07, 6.45) is 2.66. The van der Waals surface area contributed by atoms with Gasteiger partial charge in [-0.2, -0.15) is 4.31 Å². The summed E-state index contributed by atoms with van der Waals surface area (Å²) in [5, 5.41) is 2.86. The van der Waals surface area contributed by atoms with Crippen molar-refractivity contribution >= 4 is 38.3 Å². The molecule has 11 heteroatoms. The van der Waals surface area contributed by atoms with E-state index >= 15 is 0 Å². The fourth-order valence-corrected chi connectivity index (χ4v) is 7.90. The predicted octanol–water partition coefficient (Wildman–Crippen LogP) is 2.66. The van der Waals surface area contributed by atoms with Gasteiger partial charge in [-0.1, -0.05) is 23.5 Å². The van der Waals surface area contributed by atoms with Crippen molar-refractivity contribution in [2.24, 2.45) is 5.41 Å². The Morgan fingerprint density at radius 1 is 1.21 bits per heavy atom. The monoisotopic (exact) mass is 506 g/mol. The number of thiazole rings is 1. The Bertz CT molecular complexity index is 1190. The molecule has 2 amide bonds. The molecule has 0 unspecified atom stereocenters. The first-order valence-electron chi connectivity index (χ1n) is 11.3. The topological polar surface area (TPSA) is 109 Å². The molecule has 34 heavy (non-hydrogen) atoms. The Kier molecular flexibility index (Phi) is 6.97. The number of hydrogen-bond acceptors (Lipinski definition) is 7. The zero-order valence-electron chi connectivity index (χ0n) is 19.7. The van der Waals surface area contributed by atoms with E-state index in [9.17, 15) is 18.0 Å². The molecule has 0 aliphatic carbocycles. The summed E-state index contributed by atoms with van der Waals surface area (Å²) in [5.41, 5.74) is 1.20. The first-order chi connectivity index (χ1) is 16.1. The van der Waals surface area contributed by atoms with Gasteiger partial charge in [0.1, 0.15) is 5.75 Å². The van der Waals surface area contributed by atoms with Crippen LogP contribution in [0.1, 0.15) is 37.4 Å². The molecule has 2 aromatic rings. The van der Waals surface area contributed by atoms with Crippen LogP contribution in [0.4, 0.5) is 5.13 Å². The Labute approximate surface area is 204 Å². The van der Waals surface area contributed by atoms with Gasteiger partial charge in [0.2, 0.25) is 11.8 Å². The number of sulfonamides is 1. The summed E-state index contributed by atoms with van der Waals surface area (Å²) in [5.74, 6) is 0.525. The molecule has 2 saturated heterocycles. The van der Waals surface area contributed by atoms with Crippen LogP contribution in [-0.4, -0.2) is 67.7 Å². The van der Waals surface area contributed by atoms with Crippen LogP contribution in [0.15, 0.2) is 28.5 Å². The van der Waals surface area contributed by atoms with E-state index in [-0.39, 0.29) is 21.4 Å². The van der Waals surface area contributed by atoms with Gasteiger partial charge in [-0.3, -0.25) is 9.59 Å². The number of nitrogens with one attached hydrogen (secondary N) is 1. The molecule has 0 bridgehead atoms. The number of amides is 2. The number of aryl methyl sites for hydroxylation is 1. The third kappa shape index (κ3) is 5.11. The highest BCUT2D eigenvalue weighted by Gasteiger charge is 2.45. The van der Waals surface area contributed by atoms with Crippen LogP contribution in [0.2, 0.25) is 0 Å². The van der Waals surface area contributed by atoms with Crippen molar-refractivity contribution in [2.45, 2.75) is 43.7 Å². The molecular weight excluding hydrogens is 476 g/mol. The van der Waals surface area contributed by atoms with E-state index in [2.05, 4.69) is 10.3 Å². The zero-order valence-corrected chi connectivity index (χ0v) is 21.3. The van der Waals surface area contributed by atoms with Crippen molar-refractivity contribution in [3.8, 4) is 5.75 Å². The lowest BCUT2D eigenvalue weighted by Gasteiger charge is -2.39. The number of carbonyl (C=O) groups is 2. The fraction of sp³-hybridized carbons (Fsp3) is 0.522. The fourth-order valence-electron chi connectivity index (χ4n) is 4.75. The van der Waals surface area contributed by atoms with Crippen LogP contribution in [0.5, 0.6) is 5.75 Å². The van der Waals surface area contributed by atoms with Crippen LogP contribution in [0, 0.1) is 12.3 Å². The second-order valence-electron chi connectivity index (χ2n) is 9.07. The predicted molar refractivity (Wildman–Crippen MR) is 129 cm³/mol. The molecule has 184 valence electrons. The summed E-state index contributed by atoms with van der Waals surface area (Å²) in [7, 11) is -2.09. The van der Waals surface area contributed by atoms with Crippen molar-refractivity contribution in [1.82, 2.24) is 14.2 Å². The first-order valence-corrected chi connectivity index (χ1v) is 13.5. The standard InChI is InChI=1S/C23H30N4O5S2/c1-16-21(33-22(24-16)25-17(2)28)34(30,31)27-12-9-23(15-27)7-10-26(11-8-23)20(29)14-18-5-4-6-19(13-18)32-3/h4-6,13H,7-12,14-15H2,1-3H3,(H,24,25,28). The number of carbonyl (C=O) groups excluding carboxylic acids is 2. The third-order valence-electron chi connectivity index (χ3n) is 6.68. The van der Waals surface area contributed by atoms with Gasteiger partial charge in [0, 0.05) is 33.1 Å². The van der Waals surface area contributed by atoms with Gasteiger partial charge in [0.05, 0.1) is 19.2 Å². The second kappa shape index (κ2) is 9.63. The SMILES string of the molecule is COc1cccc(CC(=O)N2CCC3(CC2)CCN(S(=O)(=O)c2sc(NC(C)=O)nc2C)C3)c1. The van der Waals surface area contributed by atoms with Gasteiger partial charge in [0.15, 0.2) is 9.34 Å². The van der Waals surface area contributed by atoms with E-state index in [1.807, 2.05) is 29.2 Å². The molecule has 2 aliphatic rings. The summed E-state index contributed by atoms with van der Waals surface area (Å²) < 4.78 is 33.6. The maximum Gasteiger partial charge on any atom is 0.254 e. The summed E-state index contributed by atoms with van der Waals surface area (Å²) in [6.45, 7) is 5.16. The highest BCUT2D eigenvalue weighted by Crippen LogP contribution is 2.43. The Hall–Kier alpha value is -2.50. The van der Waals surface area contributed by atoms with Crippen LogP contribution in [0.3, 0.4) is 0 Å². The first kappa shape index (κ1) is 24.6. The van der Waals surface area contributed by atoms with Crippen molar-refractivity contribution in [3.63, 3.8) is 0 Å². The minimum Gasteiger partial charge on any atom is -0.497 e. The minimum atomic E-state index is -3.69. The van der Waals surface area contributed by atoms with Crippen molar-refractivity contribution < 1.29 is 22.7 Å². The molecule has 9 nitrogen and oxygen atoms in total. The average Bonchev–Trinajstić information content (AvgIpc) is 3.38. The van der Waals surface area contributed by atoms with Gasteiger partial charge >= 0.3 is 0 Å².